The number of fused-ring (bicyclic) bond motifs is 2. The number of nitrogens with zero attached hydrogens (tertiary/aromatic N) is 2. The van der Waals surface area contributed by atoms with Gasteiger partial charge >= 0.3 is 0 Å². The van der Waals surface area contributed by atoms with Crippen molar-refractivity contribution >= 4 is 54.1 Å². The average Bonchev–Trinajstić information content (AvgIpc) is 3.61. The molecule has 43 heavy (non-hydrogen) atoms. The number of para-hydroxylation sites is 1. The molecular weight excluding hydrogens is 590 g/mol. The summed E-state index contributed by atoms with van der Waals surface area (Å²) in [4.78, 5) is 18.0. The molecule has 0 radical (unpaired) electrons. The van der Waals surface area contributed by atoms with E-state index in [0.29, 0.717) is 39.1 Å². The lowest BCUT2D eigenvalue weighted by molar-refractivity contribution is 0.0964. The van der Waals surface area contributed by atoms with Gasteiger partial charge in [0.25, 0.3) is 5.91 Å². The number of amides is 1. The highest BCUT2D eigenvalue weighted by Gasteiger charge is 2.26. The van der Waals surface area contributed by atoms with Crippen LogP contribution in [-0.4, -0.2) is 46.8 Å². The average molecular weight is 616 g/mol. The first-order chi connectivity index (χ1) is 20.6. The van der Waals surface area contributed by atoms with E-state index in [-0.39, 0.29) is 11.3 Å². The van der Waals surface area contributed by atoms with Crippen molar-refractivity contribution in [2.45, 2.75) is 0 Å². The Balaban J connectivity index is 1.64. The highest BCUT2D eigenvalue weighted by atomic mass is 32.2. The molecule has 6 rings (SSSR count). The Morgan fingerprint density at radius 3 is 2.40 bits per heavy atom. The van der Waals surface area contributed by atoms with Crippen molar-refractivity contribution in [2.24, 2.45) is 0 Å². The number of thiazole rings is 1. The van der Waals surface area contributed by atoms with Gasteiger partial charge in [0.05, 0.1) is 40.4 Å². The van der Waals surface area contributed by atoms with Crippen LogP contribution < -0.4 is 14.4 Å². The Labute approximate surface area is 251 Å². The lowest BCUT2D eigenvalue weighted by Gasteiger charge is -2.21. The molecule has 0 spiro atoms. The summed E-state index contributed by atoms with van der Waals surface area (Å²) in [5.41, 5.74) is 4.20. The molecular formula is C32H26FN3O5S2. The van der Waals surface area contributed by atoms with Crippen LogP contribution >= 0.6 is 11.3 Å². The van der Waals surface area contributed by atoms with E-state index in [1.807, 2.05) is 42.5 Å². The van der Waals surface area contributed by atoms with Crippen molar-refractivity contribution in [3.63, 3.8) is 0 Å². The van der Waals surface area contributed by atoms with Crippen LogP contribution in [0.5, 0.6) is 5.75 Å². The number of hydrogen-bond acceptors (Lipinski definition) is 7. The number of hydrogen-bond donors (Lipinski definition) is 1. The number of ether oxygens (including phenoxy) is 1. The zero-order valence-corrected chi connectivity index (χ0v) is 25.3. The third-order valence-electron chi connectivity index (χ3n) is 7.24. The highest BCUT2D eigenvalue weighted by molar-refractivity contribution is 7.92. The van der Waals surface area contributed by atoms with Crippen molar-refractivity contribution in [2.75, 3.05) is 31.8 Å². The number of furan rings is 1. The molecule has 2 aromatic heterocycles. The molecule has 0 aliphatic rings. The van der Waals surface area contributed by atoms with Crippen LogP contribution in [0.15, 0.2) is 83.3 Å². The number of halogens is 1. The van der Waals surface area contributed by atoms with E-state index in [2.05, 4.69) is 5.32 Å². The van der Waals surface area contributed by atoms with Crippen molar-refractivity contribution < 1.29 is 26.8 Å². The van der Waals surface area contributed by atoms with Crippen LogP contribution in [0.3, 0.4) is 0 Å². The van der Waals surface area contributed by atoms with E-state index in [0.717, 1.165) is 27.0 Å². The van der Waals surface area contributed by atoms with Crippen molar-refractivity contribution in [1.82, 2.24) is 10.3 Å². The molecule has 1 amide bonds. The van der Waals surface area contributed by atoms with Crippen molar-refractivity contribution in [3.8, 4) is 38.8 Å². The van der Waals surface area contributed by atoms with Gasteiger partial charge in [-0.25, -0.2) is 17.8 Å². The summed E-state index contributed by atoms with van der Waals surface area (Å²) in [6.07, 6.45) is 1.11. The van der Waals surface area contributed by atoms with Crippen LogP contribution in [0.4, 0.5) is 10.1 Å². The van der Waals surface area contributed by atoms with Gasteiger partial charge in [-0.2, -0.15) is 0 Å². The normalized spacial score (nSPS) is 11.7. The molecule has 4 aromatic carbocycles. The molecule has 0 saturated heterocycles. The fourth-order valence-corrected chi connectivity index (χ4v) is 6.48. The number of methoxy groups -OCH3 is 1. The maximum absolute atomic E-state index is 13.7. The molecule has 0 fully saturated rings. The number of benzene rings is 4. The van der Waals surface area contributed by atoms with E-state index in [9.17, 15) is 17.6 Å². The number of anilines is 1. The number of sulfonamides is 1. The number of rotatable bonds is 7. The van der Waals surface area contributed by atoms with Gasteiger partial charge in [-0.3, -0.25) is 9.10 Å². The lowest BCUT2D eigenvalue weighted by atomic mass is 9.97. The lowest BCUT2D eigenvalue weighted by Crippen LogP contribution is -2.25. The molecule has 1 N–H and O–H groups in total. The SMILES string of the molecule is CNC(=O)c1c(-c2ccc(F)cc2)oc2cc(N(C)S(C)(=O)=O)c(-c3ccc(OC)c(-c4nc5ccccc5s4)c3)cc12. The summed E-state index contributed by atoms with van der Waals surface area (Å²) in [5.74, 6) is 0.0153. The number of carbonyl (C=O) groups is 1. The Hall–Kier alpha value is -4.74. The van der Waals surface area contributed by atoms with E-state index in [4.69, 9.17) is 14.1 Å². The van der Waals surface area contributed by atoms with Gasteiger partial charge < -0.3 is 14.5 Å². The molecule has 0 aliphatic heterocycles. The molecule has 11 heteroatoms. The molecule has 8 nitrogen and oxygen atoms in total. The third kappa shape index (κ3) is 5.10. The van der Waals surface area contributed by atoms with Crippen molar-refractivity contribution in [3.05, 3.63) is 90.2 Å². The Morgan fingerprint density at radius 1 is 1.00 bits per heavy atom. The summed E-state index contributed by atoms with van der Waals surface area (Å²) in [7, 11) is 0.859. The molecule has 0 atom stereocenters. The van der Waals surface area contributed by atoms with Gasteiger partial charge in [0.2, 0.25) is 10.0 Å². The predicted octanol–water partition coefficient (Wildman–Crippen LogP) is 6.95. The molecule has 0 bridgehead atoms. The van der Waals surface area contributed by atoms with Gasteiger partial charge in [0.1, 0.15) is 27.9 Å². The second-order valence-corrected chi connectivity index (χ2v) is 12.9. The van der Waals surface area contributed by atoms with Gasteiger partial charge in [0.15, 0.2) is 0 Å². The third-order valence-corrected chi connectivity index (χ3v) is 9.50. The van der Waals surface area contributed by atoms with E-state index in [1.54, 1.807) is 19.2 Å². The van der Waals surface area contributed by atoms with Gasteiger partial charge in [-0.1, -0.05) is 18.2 Å². The maximum Gasteiger partial charge on any atom is 0.255 e. The molecule has 218 valence electrons. The zero-order valence-electron chi connectivity index (χ0n) is 23.6. The van der Waals surface area contributed by atoms with E-state index >= 15 is 0 Å². The van der Waals surface area contributed by atoms with Crippen LogP contribution in [0.2, 0.25) is 0 Å². The predicted molar refractivity (Wildman–Crippen MR) is 169 cm³/mol. The van der Waals surface area contributed by atoms with Gasteiger partial charge in [-0.15, -0.1) is 11.3 Å². The molecule has 0 aliphatic carbocycles. The first kappa shape index (κ1) is 28.4. The van der Waals surface area contributed by atoms with Gasteiger partial charge in [0, 0.05) is 36.7 Å². The number of carbonyl (C=O) groups excluding carboxylic acids is 1. The van der Waals surface area contributed by atoms with E-state index < -0.39 is 21.7 Å². The first-order valence-corrected chi connectivity index (χ1v) is 15.8. The maximum atomic E-state index is 13.7. The second-order valence-electron chi connectivity index (χ2n) is 9.89. The largest absolute Gasteiger partial charge is 0.496 e. The molecule has 6 aromatic rings. The smallest absolute Gasteiger partial charge is 0.255 e. The fraction of sp³-hybridized carbons (Fsp3) is 0.125. The van der Waals surface area contributed by atoms with Crippen LogP contribution in [0, 0.1) is 5.82 Å². The topological polar surface area (TPSA) is 102 Å². The minimum atomic E-state index is -3.69. The number of aromatic nitrogens is 1. The fourth-order valence-electron chi connectivity index (χ4n) is 4.99. The second kappa shape index (κ2) is 10.8. The molecule has 2 heterocycles. The Bertz CT molecular complexity index is 2100. The standard InChI is InChI=1S/C32H26FN3O5S2/c1-34-31(37)29-22-16-21(19-11-14-26(40-3)23(15-19)32-35-24-7-5-6-8-28(24)42-32)25(36(2)43(4,38)39)17-27(22)41-30(29)18-9-12-20(33)13-10-18/h5-17H,1-4H3,(H,34,37). The summed E-state index contributed by atoms with van der Waals surface area (Å²) < 4.78 is 53.3. The van der Waals surface area contributed by atoms with E-state index in [1.165, 1.54) is 54.0 Å². The quantitative estimate of drug-likeness (QED) is 0.209. The minimum absolute atomic E-state index is 0.240. The van der Waals surface area contributed by atoms with Gasteiger partial charge in [-0.05, 0) is 60.2 Å². The Morgan fingerprint density at radius 2 is 1.72 bits per heavy atom. The minimum Gasteiger partial charge on any atom is -0.496 e. The summed E-state index contributed by atoms with van der Waals surface area (Å²) in [5, 5.41) is 3.87. The van der Waals surface area contributed by atoms with Crippen LogP contribution in [0.1, 0.15) is 10.4 Å². The Kier molecular flexibility index (Phi) is 7.15. The zero-order chi connectivity index (χ0) is 30.5. The monoisotopic (exact) mass is 615 g/mol. The summed E-state index contributed by atoms with van der Waals surface area (Å²) >= 11 is 1.52. The van der Waals surface area contributed by atoms with Crippen molar-refractivity contribution in [1.29, 1.82) is 0 Å². The van der Waals surface area contributed by atoms with Crippen LogP contribution in [0.25, 0.3) is 54.2 Å². The first-order valence-electron chi connectivity index (χ1n) is 13.2. The molecule has 0 saturated carbocycles. The summed E-state index contributed by atoms with van der Waals surface area (Å²) in [6.45, 7) is 0. The molecule has 0 unspecified atom stereocenters. The highest BCUT2D eigenvalue weighted by Crippen LogP contribution is 2.44. The van der Waals surface area contributed by atoms with Crippen LogP contribution in [-0.2, 0) is 10.0 Å². The summed E-state index contributed by atoms with van der Waals surface area (Å²) in [6, 6.07) is 22.3. The number of nitrogens with one attached hydrogen (secondary N) is 1.